The molecule has 2 aliphatic heterocycles. The Morgan fingerprint density at radius 3 is 2.08 bits per heavy atom. The number of carbonyl (C=O) groups excluding carboxylic acids is 5. The molecule has 2 heterocycles. The lowest BCUT2D eigenvalue weighted by Crippen LogP contribution is -2.31. The topological polar surface area (TPSA) is 133 Å². The molecule has 7 rings (SSSR count). The first-order valence-corrected chi connectivity index (χ1v) is 15.7. The molecule has 2 saturated heterocycles. The van der Waals surface area contributed by atoms with Crippen molar-refractivity contribution in [2.75, 3.05) is 0 Å². The second-order valence-electron chi connectivity index (χ2n) is 12.4. The van der Waals surface area contributed by atoms with E-state index in [1.165, 1.54) is 6.08 Å². The number of esters is 4. The van der Waals surface area contributed by atoms with Gasteiger partial charge in [0, 0.05) is 5.56 Å². The Kier molecular flexibility index (Phi) is 8.39. The first kappa shape index (κ1) is 31.1. The van der Waals surface area contributed by atoms with E-state index >= 15 is 0 Å². The lowest BCUT2D eigenvalue weighted by Gasteiger charge is -2.33. The summed E-state index contributed by atoms with van der Waals surface area (Å²) in [5, 5.41) is 9.80. The van der Waals surface area contributed by atoms with Gasteiger partial charge in [-0.05, 0) is 63.8 Å². The summed E-state index contributed by atoms with van der Waals surface area (Å²) in [5.41, 5.74) is 6.13. The Morgan fingerprint density at radius 2 is 1.42 bits per heavy atom. The van der Waals surface area contributed by atoms with Crippen LogP contribution in [0.5, 0.6) is 0 Å². The third kappa shape index (κ3) is 6.01. The largest absolute Gasteiger partial charge is 0.393 e. The predicted octanol–water partition coefficient (Wildman–Crippen LogP) is 6.11. The zero-order chi connectivity index (χ0) is 33.4. The van der Waals surface area contributed by atoms with Crippen LogP contribution in [0.1, 0.15) is 80.1 Å². The maximum absolute atomic E-state index is 12.7. The summed E-state index contributed by atoms with van der Waals surface area (Å²) < 4.78 is 9.80. The molecule has 0 radical (unpaired) electrons. The molecule has 1 N–H and O–H groups in total. The molecule has 4 aromatic carbocycles. The fourth-order valence-electron chi connectivity index (χ4n) is 7.05. The molecule has 0 aromatic heterocycles. The number of ether oxygens (including phenoxy) is 2. The number of fused-ring (bicyclic) bond motifs is 3. The highest BCUT2D eigenvalue weighted by Gasteiger charge is 2.53. The minimum atomic E-state index is -0.757. The Bertz CT molecular complexity index is 1940. The number of ketones is 1. The molecule has 1 aliphatic carbocycles. The van der Waals surface area contributed by atoms with Gasteiger partial charge in [0.2, 0.25) is 0 Å². The highest BCUT2D eigenvalue weighted by Crippen LogP contribution is 2.51. The molecule has 3 aliphatic rings. The summed E-state index contributed by atoms with van der Waals surface area (Å²) in [6.45, 7) is 0. The highest BCUT2D eigenvalue weighted by molar-refractivity contribution is 6.06. The first-order chi connectivity index (χ1) is 23.3. The van der Waals surface area contributed by atoms with E-state index in [1.807, 2.05) is 84.9 Å². The van der Waals surface area contributed by atoms with E-state index in [0.29, 0.717) is 17.5 Å². The van der Waals surface area contributed by atoms with Crippen LogP contribution in [0.2, 0.25) is 0 Å². The number of carbonyl (C=O) groups is 5. The molecule has 9 nitrogen and oxygen atoms in total. The molecule has 2 fully saturated rings. The van der Waals surface area contributed by atoms with Gasteiger partial charge in [-0.1, -0.05) is 103 Å². The monoisotopic (exact) mass is 642 g/mol. The smallest absolute Gasteiger partial charge is 0.321 e. The summed E-state index contributed by atoms with van der Waals surface area (Å²) in [4.78, 5) is 66.9. The number of rotatable bonds is 9. The molecular formula is C39H30O9. The van der Waals surface area contributed by atoms with Crippen molar-refractivity contribution in [2.24, 2.45) is 11.8 Å². The lowest BCUT2D eigenvalue weighted by atomic mass is 9.66. The molecule has 0 saturated carbocycles. The normalized spacial score (nSPS) is 22.3. The standard InChI is InChI=1S/C39H30O9/c40-33(25-4-2-1-3-5-25)17-11-22-6-12-26(13-7-22)36(48-45)27-14-8-23(9-15-27)18-24-10-16-28-29(31-21-34(41)46-37(31)42)20-32-35(30(28)19-24)39(44)47-38(32)43/h1-17,19,29,31-32,35-36,45H,18,20-21H2/b17-11+. The fraction of sp³-hybridized carbons (Fsp3) is 0.205. The zero-order valence-electron chi connectivity index (χ0n) is 25.6. The molecular weight excluding hydrogens is 612 g/mol. The van der Waals surface area contributed by atoms with Crippen molar-refractivity contribution in [3.8, 4) is 0 Å². The molecule has 0 amide bonds. The van der Waals surface area contributed by atoms with Crippen molar-refractivity contribution < 1.29 is 43.6 Å². The first-order valence-electron chi connectivity index (χ1n) is 15.7. The molecule has 4 aromatic rings. The van der Waals surface area contributed by atoms with Crippen LogP contribution in [0.25, 0.3) is 6.08 Å². The maximum atomic E-state index is 12.7. The van der Waals surface area contributed by atoms with Gasteiger partial charge in [0.25, 0.3) is 0 Å². The lowest BCUT2D eigenvalue weighted by molar-refractivity contribution is -0.270. The molecule has 0 bridgehead atoms. The van der Waals surface area contributed by atoms with Crippen molar-refractivity contribution in [1.29, 1.82) is 0 Å². The number of cyclic esters (lactones) is 4. The number of hydrogen-bond donors (Lipinski definition) is 1. The highest BCUT2D eigenvalue weighted by atomic mass is 17.1. The SMILES string of the molecule is O=C1CC(C2CC3C(=O)OC(=O)C3c3cc(Cc4ccc(C(OO)c5ccc(/C=C/C(=O)c6ccccc6)cc5)cc4)ccc32)C(=O)O1. The molecule has 0 spiro atoms. The van der Waals surface area contributed by atoms with Gasteiger partial charge in [0.1, 0.15) is 6.10 Å². The van der Waals surface area contributed by atoms with Crippen LogP contribution in [-0.2, 0) is 40.0 Å². The average molecular weight is 643 g/mol. The summed E-state index contributed by atoms with van der Waals surface area (Å²) in [5.74, 6) is -5.12. The van der Waals surface area contributed by atoms with Gasteiger partial charge >= 0.3 is 23.9 Å². The number of benzene rings is 4. The minimum Gasteiger partial charge on any atom is -0.393 e. The fourth-order valence-corrected chi connectivity index (χ4v) is 7.05. The van der Waals surface area contributed by atoms with Crippen LogP contribution in [0.4, 0.5) is 0 Å². The van der Waals surface area contributed by atoms with Gasteiger partial charge in [0.15, 0.2) is 5.78 Å². The van der Waals surface area contributed by atoms with E-state index in [0.717, 1.165) is 33.4 Å². The zero-order valence-corrected chi connectivity index (χ0v) is 25.6. The van der Waals surface area contributed by atoms with Gasteiger partial charge in [-0.15, -0.1) is 0 Å². The quantitative estimate of drug-likeness (QED) is 0.0573. The number of allylic oxidation sites excluding steroid dienone is 1. The van der Waals surface area contributed by atoms with Gasteiger partial charge in [-0.25, -0.2) is 4.89 Å². The van der Waals surface area contributed by atoms with Crippen molar-refractivity contribution in [2.45, 2.75) is 37.2 Å². The molecule has 240 valence electrons. The van der Waals surface area contributed by atoms with Crippen molar-refractivity contribution >= 4 is 35.7 Å². The Balaban J connectivity index is 1.07. The summed E-state index contributed by atoms with van der Waals surface area (Å²) in [7, 11) is 0. The molecule has 9 heteroatoms. The van der Waals surface area contributed by atoms with E-state index in [2.05, 4.69) is 0 Å². The molecule has 5 atom stereocenters. The summed E-state index contributed by atoms with van der Waals surface area (Å²) in [6.07, 6.45) is 3.21. The Labute approximate surface area is 275 Å². The van der Waals surface area contributed by atoms with E-state index in [9.17, 15) is 29.2 Å². The Morgan fingerprint density at radius 1 is 0.750 bits per heavy atom. The third-order valence-electron chi connectivity index (χ3n) is 9.46. The van der Waals surface area contributed by atoms with Crippen LogP contribution in [0.3, 0.4) is 0 Å². The van der Waals surface area contributed by atoms with Crippen LogP contribution < -0.4 is 0 Å². The third-order valence-corrected chi connectivity index (χ3v) is 9.46. The minimum absolute atomic E-state index is 0.0626. The second kappa shape index (κ2) is 12.9. The van der Waals surface area contributed by atoms with Crippen LogP contribution >= 0.6 is 0 Å². The van der Waals surface area contributed by atoms with Crippen LogP contribution in [-0.4, -0.2) is 34.9 Å². The van der Waals surface area contributed by atoms with E-state index in [-0.39, 0.29) is 18.6 Å². The van der Waals surface area contributed by atoms with Gasteiger partial charge in [-0.2, -0.15) is 0 Å². The van der Waals surface area contributed by atoms with Crippen molar-refractivity contribution in [3.63, 3.8) is 0 Å². The van der Waals surface area contributed by atoms with Crippen molar-refractivity contribution in [3.05, 3.63) is 148 Å². The van der Waals surface area contributed by atoms with Crippen molar-refractivity contribution in [1.82, 2.24) is 0 Å². The number of hydrogen-bond acceptors (Lipinski definition) is 9. The maximum Gasteiger partial charge on any atom is 0.321 e. The van der Waals surface area contributed by atoms with E-state index in [4.69, 9.17) is 14.4 Å². The van der Waals surface area contributed by atoms with Gasteiger partial charge < -0.3 is 9.47 Å². The van der Waals surface area contributed by atoms with Crippen LogP contribution in [0, 0.1) is 11.8 Å². The van der Waals surface area contributed by atoms with E-state index < -0.39 is 53.7 Å². The van der Waals surface area contributed by atoms with Crippen LogP contribution in [0.15, 0.2) is 103 Å². The predicted molar refractivity (Wildman–Crippen MR) is 171 cm³/mol. The van der Waals surface area contributed by atoms with Gasteiger partial charge in [0.05, 0.1) is 24.2 Å². The molecule has 5 unspecified atom stereocenters. The summed E-state index contributed by atoms with van der Waals surface area (Å²) >= 11 is 0. The Hall–Kier alpha value is -5.51. The van der Waals surface area contributed by atoms with Gasteiger partial charge in [-0.3, -0.25) is 29.2 Å². The summed E-state index contributed by atoms with van der Waals surface area (Å²) in [6, 6.07) is 29.6. The average Bonchev–Trinajstić information content (AvgIpc) is 3.60. The van der Waals surface area contributed by atoms with E-state index in [1.54, 1.807) is 18.2 Å². The molecule has 48 heavy (non-hydrogen) atoms. The second-order valence-corrected chi connectivity index (χ2v) is 12.4.